The second-order valence-corrected chi connectivity index (χ2v) is 8.09. The number of carbonyl (C=O) groups is 1. The van der Waals surface area contributed by atoms with Gasteiger partial charge in [-0.1, -0.05) is 41.4 Å². The Hall–Kier alpha value is -1.62. The number of rotatable bonds is 7. The van der Waals surface area contributed by atoms with Gasteiger partial charge in [-0.3, -0.25) is 9.69 Å². The first kappa shape index (κ1) is 21.1. The fourth-order valence-corrected chi connectivity index (χ4v) is 4.08. The number of halogens is 3. The highest BCUT2D eigenvalue weighted by molar-refractivity contribution is 6.35. The summed E-state index contributed by atoms with van der Waals surface area (Å²) in [5.41, 5.74) is 2.04. The predicted molar refractivity (Wildman–Crippen MR) is 112 cm³/mol. The third-order valence-electron chi connectivity index (χ3n) is 5.26. The molecule has 0 radical (unpaired) electrons. The third kappa shape index (κ3) is 5.94. The number of piperidine rings is 1. The van der Waals surface area contributed by atoms with Crippen molar-refractivity contribution in [2.24, 2.45) is 5.92 Å². The molecule has 0 aliphatic carbocycles. The fourth-order valence-electron chi connectivity index (χ4n) is 3.56. The molecule has 150 valence electrons. The maximum absolute atomic E-state index is 12.9. The zero-order valence-corrected chi connectivity index (χ0v) is 17.3. The number of hydrogen-bond acceptors (Lipinski definition) is 2. The van der Waals surface area contributed by atoms with Crippen molar-refractivity contribution < 1.29 is 9.18 Å². The number of nitrogens with one attached hydrogen (secondary N) is 1. The topological polar surface area (TPSA) is 32.3 Å². The monoisotopic (exact) mass is 422 g/mol. The van der Waals surface area contributed by atoms with Gasteiger partial charge in [0.1, 0.15) is 5.82 Å². The summed E-state index contributed by atoms with van der Waals surface area (Å²) in [6.45, 7) is 3.07. The smallest absolute Gasteiger partial charge is 0.223 e. The molecule has 0 saturated carbocycles. The largest absolute Gasteiger partial charge is 0.356 e. The zero-order chi connectivity index (χ0) is 19.9. The minimum atomic E-state index is -0.222. The van der Waals surface area contributed by atoms with Gasteiger partial charge in [-0.15, -0.1) is 0 Å². The van der Waals surface area contributed by atoms with Gasteiger partial charge in [-0.25, -0.2) is 4.39 Å². The number of hydrogen-bond donors (Lipinski definition) is 1. The molecule has 1 amide bonds. The lowest BCUT2D eigenvalue weighted by atomic mass is 9.95. The third-order valence-corrected chi connectivity index (χ3v) is 5.96. The maximum Gasteiger partial charge on any atom is 0.223 e. The molecule has 1 N–H and O–H groups in total. The van der Waals surface area contributed by atoms with Crippen molar-refractivity contribution >= 4 is 29.1 Å². The SMILES string of the molecule is O=C(NCCCc1ccc(F)cc1)C1CCN(Cc2c(Cl)cccc2Cl)CC1. The Morgan fingerprint density at radius 2 is 1.71 bits per heavy atom. The molecule has 2 aromatic carbocycles. The van der Waals surface area contributed by atoms with E-state index in [0.29, 0.717) is 23.1 Å². The molecule has 1 fully saturated rings. The molecule has 0 atom stereocenters. The van der Waals surface area contributed by atoms with Crippen LogP contribution in [0.5, 0.6) is 0 Å². The molecule has 0 bridgehead atoms. The van der Waals surface area contributed by atoms with E-state index < -0.39 is 0 Å². The minimum Gasteiger partial charge on any atom is -0.356 e. The highest BCUT2D eigenvalue weighted by atomic mass is 35.5. The van der Waals surface area contributed by atoms with Crippen molar-refractivity contribution in [3.63, 3.8) is 0 Å². The van der Waals surface area contributed by atoms with Crippen LogP contribution in [-0.2, 0) is 17.8 Å². The van der Waals surface area contributed by atoms with Gasteiger partial charge in [0.25, 0.3) is 0 Å². The van der Waals surface area contributed by atoms with E-state index in [1.807, 2.05) is 18.2 Å². The normalized spacial score (nSPS) is 15.5. The van der Waals surface area contributed by atoms with Gasteiger partial charge in [0.15, 0.2) is 0 Å². The number of carbonyl (C=O) groups excluding carboxylic acids is 1. The Morgan fingerprint density at radius 1 is 1.07 bits per heavy atom. The average Bonchev–Trinajstić information content (AvgIpc) is 2.70. The summed E-state index contributed by atoms with van der Waals surface area (Å²) in [5.74, 6) is -0.0291. The van der Waals surface area contributed by atoms with E-state index in [-0.39, 0.29) is 17.6 Å². The molecule has 3 nitrogen and oxygen atoms in total. The molecule has 1 aliphatic rings. The van der Waals surface area contributed by atoms with E-state index in [9.17, 15) is 9.18 Å². The Balaban J connectivity index is 1.37. The molecular formula is C22H25Cl2FN2O. The quantitative estimate of drug-likeness (QED) is 0.629. The molecule has 6 heteroatoms. The van der Waals surface area contributed by atoms with Crippen LogP contribution in [-0.4, -0.2) is 30.4 Å². The molecule has 0 spiro atoms. The van der Waals surface area contributed by atoms with Gasteiger partial charge in [0.05, 0.1) is 0 Å². The minimum absolute atomic E-state index is 0.0591. The summed E-state index contributed by atoms with van der Waals surface area (Å²) in [5, 5.41) is 4.42. The van der Waals surface area contributed by atoms with Gasteiger partial charge in [0, 0.05) is 34.6 Å². The second kappa shape index (κ2) is 10.2. The van der Waals surface area contributed by atoms with Gasteiger partial charge >= 0.3 is 0 Å². The van der Waals surface area contributed by atoms with Crippen molar-refractivity contribution in [2.75, 3.05) is 19.6 Å². The first-order valence-electron chi connectivity index (χ1n) is 9.70. The summed E-state index contributed by atoms with van der Waals surface area (Å²) in [6.07, 6.45) is 3.36. The van der Waals surface area contributed by atoms with Crippen LogP contribution in [0, 0.1) is 11.7 Å². The van der Waals surface area contributed by atoms with Crippen LogP contribution in [0.3, 0.4) is 0 Å². The first-order valence-corrected chi connectivity index (χ1v) is 10.5. The van der Waals surface area contributed by atoms with E-state index in [2.05, 4.69) is 10.2 Å². The second-order valence-electron chi connectivity index (χ2n) is 7.27. The number of likely N-dealkylation sites (tertiary alicyclic amines) is 1. The van der Waals surface area contributed by atoms with Crippen molar-refractivity contribution in [1.29, 1.82) is 0 Å². The number of amides is 1. The Morgan fingerprint density at radius 3 is 2.36 bits per heavy atom. The van der Waals surface area contributed by atoms with Crippen molar-refractivity contribution in [3.05, 3.63) is 69.5 Å². The summed E-state index contributed by atoms with van der Waals surface area (Å²) in [7, 11) is 0. The van der Waals surface area contributed by atoms with Gasteiger partial charge in [-0.05, 0) is 68.6 Å². The average molecular weight is 423 g/mol. The molecule has 1 heterocycles. The Bertz CT molecular complexity index is 769. The van der Waals surface area contributed by atoms with Crippen LogP contribution in [0.15, 0.2) is 42.5 Å². The van der Waals surface area contributed by atoms with Crippen molar-refractivity contribution in [3.8, 4) is 0 Å². The Labute approximate surface area is 175 Å². The first-order chi connectivity index (χ1) is 13.5. The summed E-state index contributed by atoms with van der Waals surface area (Å²) in [6, 6.07) is 12.1. The predicted octanol–water partition coefficient (Wildman–Crippen LogP) is 5.09. The van der Waals surface area contributed by atoms with E-state index in [4.69, 9.17) is 23.2 Å². The summed E-state index contributed by atoms with van der Waals surface area (Å²) >= 11 is 12.5. The van der Waals surface area contributed by atoms with E-state index in [1.54, 1.807) is 12.1 Å². The highest BCUT2D eigenvalue weighted by Gasteiger charge is 2.25. The molecule has 0 aromatic heterocycles. The van der Waals surface area contributed by atoms with E-state index >= 15 is 0 Å². The van der Waals surface area contributed by atoms with Gasteiger partial charge in [-0.2, -0.15) is 0 Å². The molecule has 1 saturated heterocycles. The van der Waals surface area contributed by atoms with Crippen LogP contribution < -0.4 is 5.32 Å². The number of aryl methyl sites for hydroxylation is 1. The van der Waals surface area contributed by atoms with Crippen molar-refractivity contribution in [1.82, 2.24) is 10.2 Å². The van der Waals surface area contributed by atoms with Crippen LogP contribution in [0.2, 0.25) is 10.0 Å². The maximum atomic E-state index is 12.9. The Kier molecular flexibility index (Phi) is 7.72. The van der Waals surface area contributed by atoms with Crippen LogP contribution >= 0.6 is 23.2 Å². The molecule has 2 aromatic rings. The molecule has 1 aliphatic heterocycles. The lowest BCUT2D eigenvalue weighted by molar-refractivity contribution is -0.126. The van der Waals surface area contributed by atoms with Gasteiger partial charge in [0.2, 0.25) is 5.91 Å². The molecule has 28 heavy (non-hydrogen) atoms. The number of nitrogens with zero attached hydrogens (tertiary/aromatic N) is 1. The lowest BCUT2D eigenvalue weighted by Crippen LogP contribution is -2.40. The zero-order valence-electron chi connectivity index (χ0n) is 15.8. The molecule has 3 rings (SSSR count). The summed E-state index contributed by atoms with van der Waals surface area (Å²) in [4.78, 5) is 14.7. The van der Waals surface area contributed by atoms with Gasteiger partial charge < -0.3 is 5.32 Å². The lowest BCUT2D eigenvalue weighted by Gasteiger charge is -2.31. The fraction of sp³-hybridized carbons (Fsp3) is 0.409. The molecule has 0 unspecified atom stereocenters. The highest BCUT2D eigenvalue weighted by Crippen LogP contribution is 2.27. The van der Waals surface area contributed by atoms with E-state index in [0.717, 1.165) is 49.9 Å². The van der Waals surface area contributed by atoms with Crippen LogP contribution in [0.25, 0.3) is 0 Å². The summed E-state index contributed by atoms with van der Waals surface area (Å²) < 4.78 is 12.9. The standard InChI is InChI=1S/C22H25Cl2FN2O/c23-20-4-1-5-21(24)19(20)15-27-13-10-17(11-14-27)22(28)26-12-2-3-16-6-8-18(25)9-7-16/h1,4-9,17H,2-3,10-15H2,(H,26,28). The number of benzene rings is 2. The van der Waals surface area contributed by atoms with Crippen molar-refractivity contribution in [2.45, 2.75) is 32.2 Å². The van der Waals surface area contributed by atoms with Crippen LogP contribution in [0.1, 0.15) is 30.4 Å². The van der Waals surface area contributed by atoms with Crippen LogP contribution in [0.4, 0.5) is 4.39 Å². The van der Waals surface area contributed by atoms with E-state index in [1.165, 1.54) is 12.1 Å². The molecular weight excluding hydrogens is 398 g/mol.